The number of allylic oxidation sites excluding steroid dienone is 1. The molecular weight excluding hydrogens is 234 g/mol. The fourth-order valence-electron chi connectivity index (χ4n) is 1.46. The number of nitrogens with zero attached hydrogens (tertiary/aromatic N) is 1. The lowest BCUT2D eigenvalue weighted by atomic mass is 10.1. The maximum atomic E-state index is 10.9. The van der Waals surface area contributed by atoms with Crippen LogP contribution in [0.5, 0.6) is 11.5 Å². The normalized spacial score (nSPS) is 10.1. The smallest absolute Gasteiger partial charge is 0.335 e. The van der Waals surface area contributed by atoms with Gasteiger partial charge in [-0.15, -0.1) is 0 Å². The molecule has 0 radical (unpaired) electrons. The van der Waals surface area contributed by atoms with Crippen molar-refractivity contribution in [2.45, 2.75) is 6.42 Å². The summed E-state index contributed by atoms with van der Waals surface area (Å²) in [6.07, 6.45) is 3.58. The number of methoxy groups -OCH3 is 2. The van der Waals surface area contributed by atoms with Gasteiger partial charge < -0.3 is 14.6 Å². The summed E-state index contributed by atoms with van der Waals surface area (Å²) in [5.74, 6) is -0.277. The van der Waals surface area contributed by atoms with Crippen molar-refractivity contribution in [1.29, 1.82) is 5.26 Å². The third-order valence-corrected chi connectivity index (χ3v) is 2.28. The molecule has 18 heavy (non-hydrogen) atoms. The zero-order chi connectivity index (χ0) is 13.5. The van der Waals surface area contributed by atoms with E-state index < -0.39 is 5.97 Å². The summed E-state index contributed by atoms with van der Waals surface area (Å²) in [5.41, 5.74) is 0.696. The second kappa shape index (κ2) is 6.30. The van der Waals surface area contributed by atoms with Gasteiger partial charge in [-0.1, -0.05) is 12.2 Å². The average molecular weight is 247 g/mol. The Hall–Kier alpha value is -2.48. The predicted octanol–water partition coefficient (Wildman–Crippen LogP) is 2.33. The van der Waals surface area contributed by atoms with E-state index in [-0.39, 0.29) is 12.0 Å². The molecule has 0 saturated heterocycles. The van der Waals surface area contributed by atoms with Gasteiger partial charge >= 0.3 is 5.97 Å². The zero-order valence-corrected chi connectivity index (χ0v) is 10.1. The van der Waals surface area contributed by atoms with Crippen LogP contribution in [0.3, 0.4) is 0 Å². The Bertz CT molecular complexity index is 489. The molecule has 94 valence electrons. The standard InChI is InChI=1S/C13H13NO4/c1-17-11-7-9(13(15)16)8-12(18-2)10(11)5-3-4-6-14/h3,5,7-8H,4H2,1-2H3,(H,15,16). The van der Waals surface area contributed by atoms with Crippen molar-refractivity contribution in [3.63, 3.8) is 0 Å². The fourth-order valence-corrected chi connectivity index (χ4v) is 1.46. The largest absolute Gasteiger partial charge is 0.496 e. The quantitative estimate of drug-likeness (QED) is 0.863. The maximum Gasteiger partial charge on any atom is 0.335 e. The summed E-state index contributed by atoms with van der Waals surface area (Å²) in [5, 5.41) is 17.4. The maximum absolute atomic E-state index is 10.9. The van der Waals surface area contributed by atoms with E-state index in [4.69, 9.17) is 19.8 Å². The monoisotopic (exact) mass is 247 g/mol. The van der Waals surface area contributed by atoms with Crippen molar-refractivity contribution in [3.8, 4) is 17.6 Å². The lowest BCUT2D eigenvalue weighted by Gasteiger charge is -2.11. The number of hydrogen-bond acceptors (Lipinski definition) is 4. The van der Waals surface area contributed by atoms with Gasteiger partial charge in [0.05, 0.1) is 37.8 Å². The SMILES string of the molecule is COc1cc(C(=O)O)cc(OC)c1C=CCC#N. The van der Waals surface area contributed by atoms with Crippen molar-refractivity contribution in [2.75, 3.05) is 14.2 Å². The molecule has 0 aliphatic rings. The summed E-state index contributed by atoms with van der Waals surface area (Å²) in [6.45, 7) is 0. The van der Waals surface area contributed by atoms with Crippen LogP contribution in [0, 0.1) is 11.3 Å². The van der Waals surface area contributed by atoms with Crippen molar-refractivity contribution < 1.29 is 19.4 Å². The molecule has 1 N–H and O–H groups in total. The molecule has 0 unspecified atom stereocenters. The molecule has 0 heterocycles. The molecule has 1 rings (SSSR count). The lowest BCUT2D eigenvalue weighted by Crippen LogP contribution is -2.00. The number of hydrogen-bond donors (Lipinski definition) is 1. The number of carboxylic acids is 1. The highest BCUT2D eigenvalue weighted by molar-refractivity contribution is 5.90. The van der Waals surface area contributed by atoms with Gasteiger partial charge in [0.15, 0.2) is 0 Å². The Morgan fingerprint density at radius 1 is 1.39 bits per heavy atom. The zero-order valence-electron chi connectivity index (χ0n) is 10.1. The molecule has 1 aromatic carbocycles. The molecule has 0 aliphatic heterocycles. The van der Waals surface area contributed by atoms with Gasteiger partial charge in [-0.3, -0.25) is 0 Å². The van der Waals surface area contributed by atoms with Gasteiger partial charge in [0.1, 0.15) is 11.5 Å². The molecule has 5 nitrogen and oxygen atoms in total. The van der Waals surface area contributed by atoms with Crippen LogP contribution < -0.4 is 9.47 Å². The lowest BCUT2D eigenvalue weighted by molar-refractivity contribution is 0.0696. The average Bonchev–Trinajstić information content (AvgIpc) is 2.38. The molecule has 0 fully saturated rings. The number of carbonyl (C=O) groups is 1. The first-order valence-electron chi connectivity index (χ1n) is 5.16. The molecule has 0 bridgehead atoms. The number of rotatable bonds is 5. The highest BCUT2D eigenvalue weighted by atomic mass is 16.5. The summed E-state index contributed by atoms with van der Waals surface area (Å²) < 4.78 is 10.3. The van der Waals surface area contributed by atoms with Crippen LogP contribution in [0.2, 0.25) is 0 Å². The number of nitriles is 1. The third-order valence-electron chi connectivity index (χ3n) is 2.28. The summed E-state index contributed by atoms with van der Waals surface area (Å²) >= 11 is 0. The topological polar surface area (TPSA) is 79.6 Å². The molecule has 1 aromatic rings. The Balaban J connectivity index is 3.30. The van der Waals surface area contributed by atoms with Crippen LogP contribution in [0.4, 0.5) is 0 Å². The minimum absolute atomic E-state index is 0.0844. The van der Waals surface area contributed by atoms with Crippen LogP contribution in [0.15, 0.2) is 18.2 Å². The van der Waals surface area contributed by atoms with Gasteiger partial charge in [-0.25, -0.2) is 4.79 Å². The molecular formula is C13H13NO4. The van der Waals surface area contributed by atoms with E-state index in [1.54, 1.807) is 12.2 Å². The van der Waals surface area contributed by atoms with E-state index >= 15 is 0 Å². The Morgan fingerprint density at radius 2 is 1.94 bits per heavy atom. The second-order valence-electron chi connectivity index (χ2n) is 3.36. The van der Waals surface area contributed by atoms with Crippen LogP contribution in [0.1, 0.15) is 22.3 Å². The van der Waals surface area contributed by atoms with E-state index in [1.165, 1.54) is 26.4 Å². The summed E-state index contributed by atoms with van der Waals surface area (Å²) in [6, 6.07) is 4.81. The highest BCUT2D eigenvalue weighted by Crippen LogP contribution is 2.31. The number of carboxylic acid groups (broad SMARTS) is 1. The highest BCUT2D eigenvalue weighted by Gasteiger charge is 2.13. The first-order chi connectivity index (χ1) is 8.63. The van der Waals surface area contributed by atoms with E-state index in [1.807, 2.05) is 6.07 Å². The molecule has 0 spiro atoms. The summed E-state index contributed by atoms with van der Waals surface area (Å²) in [4.78, 5) is 10.9. The number of ether oxygens (including phenoxy) is 2. The molecule has 0 amide bonds. The van der Waals surface area contributed by atoms with E-state index in [0.717, 1.165) is 0 Å². The Morgan fingerprint density at radius 3 is 2.33 bits per heavy atom. The van der Waals surface area contributed by atoms with Crippen molar-refractivity contribution in [2.24, 2.45) is 0 Å². The fraction of sp³-hybridized carbons (Fsp3) is 0.231. The van der Waals surface area contributed by atoms with Gasteiger partial charge in [0.25, 0.3) is 0 Å². The van der Waals surface area contributed by atoms with Crippen LogP contribution in [-0.2, 0) is 0 Å². The molecule has 5 heteroatoms. The molecule has 0 atom stereocenters. The Labute approximate surface area is 105 Å². The first kappa shape index (κ1) is 13.6. The van der Waals surface area contributed by atoms with E-state index in [9.17, 15) is 4.79 Å². The van der Waals surface area contributed by atoms with Gasteiger partial charge in [0, 0.05) is 0 Å². The molecule has 0 aromatic heterocycles. The molecule has 0 aliphatic carbocycles. The van der Waals surface area contributed by atoms with E-state index in [2.05, 4.69) is 0 Å². The minimum Gasteiger partial charge on any atom is -0.496 e. The molecule has 0 saturated carbocycles. The number of aromatic carboxylic acids is 1. The second-order valence-corrected chi connectivity index (χ2v) is 3.36. The van der Waals surface area contributed by atoms with Crippen molar-refractivity contribution >= 4 is 12.0 Å². The van der Waals surface area contributed by atoms with Gasteiger partial charge in [-0.05, 0) is 12.1 Å². The van der Waals surface area contributed by atoms with Gasteiger partial charge in [0.2, 0.25) is 0 Å². The van der Waals surface area contributed by atoms with Crippen molar-refractivity contribution in [1.82, 2.24) is 0 Å². The predicted molar refractivity (Wildman–Crippen MR) is 65.8 cm³/mol. The van der Waals surface area contributed by atoms with Crippen LogP contribution in [-0.4, -0.2) is 25.3 Å². The van der Waals surface area contributed by atoms with Gasteiger partial charge in [-0.2, -0.15) is 5.26 Å². The van der Waals surface area contributed by atoms with E-state index in [0.29, 0.717) is 17.1 Å². The van der Waals surface area contributed by atoms with Crippen LogP contribution >= 0.6 is 0 Å². The van der Waals surface area contributed by atoms with Crippen LogP contribution in [0.25, 0.3) is 6.08 Å². The summed E-state index contributed by atoms with van der Waals surface area (Å²) in [7, 11) is 2.89. The number of benzene rings is 1. The minimum atomic E-state index is -1.06. The Kier molecular flexibility index (Phi) is 4.76. The first-order valence-corrected chi connectivity index (χ1v) is 5.16. The third kappa shape index (κ3) is 3.01. The van der Waals surface area contributed by atoms with Crippen molar-refractivity contribution in [3.05, 3.63) is 29.3 Å².